The van der Waals surface area contributed by atoms with Crippen molar-refractivity contribution in [3.8, 4) is 11.8 Å². The summed E-state index contributed by atoms with van der Waals surface area (Å²) in [6.07, 6.45) is 3.05. The fourth-order valence-electron chi connectivity index (χ4n) is 2.32. The maximum atomic E-state index is 11.2. The van der Waals surface area contributed by atoms with Crippen LogP contribution in [0.2, 0.25) is 0 Å². The molecule has 0 fully saturated rings. The Labute approximate surface area is 157 Å². The lowest BCUT2D eigenvalue weighted by molar-refractivity contribution is -0.114. The number of aromatic nitrogens is 3. The molecule has 0 radical (unpaired) electrons. The molecule has 2 heterocycles. The van der Waals surface area contributed by atoms with E-state index in [1.165, 1.54) is 13.1 Å². The van der Waals surface area contributed by atoms with Gasteiger partial charge in [0.1, 0.15) is 18.4 Å². The van der Waals surface area contributed by atoms with E-state index in [1.807, 2.05) is 13.0 Å². The number of aliphatic hydroxyl groups excluding tert-OH is 1. The molecule has 0 aliphatic carbocycles. The van der Waals surface area contributed by atoms with Gasteiger partial charge in [0.2, 0.25) is 11.9 Å². The number of rotatable bonds is 9. The number of nitriles is 1. The van der Waals surface area contributed by atoms with Gasteiger partial charge in [0.25, 0.3) is 0 Å². The molecule has 3 N–H and O–H groups in total. The number of pyridine rings is 1. The lowest BCUT2D eigenvalue weighted by atomic mass is 10.2. The van der Waals surface area contributed by atoms with Crippen molar-refractivity contribution in [3.63, 3.8) is 0 Å². The van der Waals surface area contributed by atoms with E-state index in [0.717, 1.165) is 12.8 Å². The predicted octanol–water partition coefficient (Wildman–Crippen LogP) is 1.85. The highest BCUT2D eigenvalue weighted by Gasteiger charge is 2.14. The third-order valence-electron chi connectivity index (χ3n) is 3.54. The first-order chi connectivity index (χ1) is 13.0. The highest BCUT2D eigenvalue weighted by atomic mass is 16.5. The van der Waals surface area contributed by atoms with Crippen LogP contribution >= 0.6 is 0 Å². The molecule has 2 aromatic heterocycles. The third-order valence-corrected chi connectivity index (χ3v) is 3.54. The molecular formula is C18H22N6O3. The molecule has 0 unspecified atom stereocenters. The normalized spacial score (nSPS) is 11.3. The first kappa shape index (κ1) is 20.1. The zero-order valence-electron chi connectivity index (χ0n) is 15.3. The van der Waals surface area contributed by atoms with Crippen molar-refractivity contribution < 1.29 is 14.6 Å². The molecule has 1 amide bonds. The molecule has 2 aromatic rings. The number of ether oxygens (including phenoxy) is 1. The lowest BCUT2D eigenvalue weighted by Crippen LogP contribution is -2.25. The SMILES string of the molecule is CCC[C@@H](CO)Nc1nc(NC(C)=O)ncc1OCc1cccc(C#N)n1. The molecule has 0 saturated heterocycles. The van der Waals surface area contributed by atoms with E-state index in [1.54, 1.807) is 18.2 Å². The summed E-state index contributed by atoms with van der Waals surface area (Å²) in [4.78, 5) is 23.7. The number of hydrogen-bond donors (Lipinski definition) is 3. The molecule has 0 aliphatic heterocycles. The molecule has 27 heavy (non-hydrogen) atoms. The van der Waals surface area contributed by atoms with E-state index in [0.29, 0.717) is 23.0 Å². The van der Waals surface area contributed by atoms with Crippen molar-refractivity contribution in [1.29, 1.82) is 5.26 Å². The van der Waals surface area contributed by atoms with Crippen molar-refractivity contribution in [2.24, 2.45) is 0 Å². The average molecular weight is 370 g/mol. The van der Waals surface area contributed by atoms with Crippen LogP contribution in [-0.2, 0) is 11.4 Å². The molecule has 0 bridgehead atoms. The Morgan fingerprint density at radius 2 is 2.22 bits per heavy atom. The maximum absolute atomic E-state index is 11.2. The first-order valence-corrected chi connectivity index (χ1v) is 8.56. The van der Waals surface area contributed by atoms with Crippen LogP contribution in [0.4, 0.5) is 11.8 Å². The Kier molecular flexibility index (Phi) is 7.46. The monoisotopic (exact) mass is 370 g/mol. The van der Waals surface area contributed by atoms with Crippen LogP contribution in [0.3, 0.4) is 0 Å². The smallest absolute Gasteiger partial charge is 0.231 e. The number of carbonyl (C=O) groups is 1. The molecule has 0 aliphatic rings. The summed E-state index contributed by atoms with van der Waals surface area (Å²) in [5.74, 6) is 0.551. The number of anilines is 2. The molecule has 9 heteroatoms. The van der Waals surface area contributed by atoms with Gasteiger partial charge in [-0.2, -0.15) is 10.2 Å². The van der Waals surface area contributed by atoms with Crippen LogP contribution < -0.4 is 15.4 Å². The minimum atomic E-state index is -0.292. The van der Waals surface area contributed by atoms with Crippen LogP contribution in [0.15, 0.2) is 24.4 Å². The summed E-state index contributed by atoms with van der Waals surface area (Å²) in [5.41, 5.74) is 0.883. The number of nitrogens with zero attached hydrogens (tertiary/aromatic N) is 4. The zero-order valence-corrected chi connectivity index (χ0v) is 15.3. The molecule has 9 nitrogen and oxygen atoms in total. The first-order valence-electron chi connectivity index (χ1n) is 8.56. The Morgan fingerprint density at radius 3 is 2.89 bits per heavy atom. The number of hydrogen-bond acceptors (Lipinski definition) is 8. The Bertz CT molecular complexity index is 821. The molecular weight excluding hydrogens is 348 g/mol. The highest BCUT2D eigenvalue weighted by molar-refractivity contribution is 5.86. The van der Waals surface area contributed by atoms with E-state index in [4.69, 9.17) is 10.00 Å². The van der Waals surface area contributed by atoms with Gasteiger partial charge >= 0.3 is 0 Å². The Balaban J connectivity index is 2.21. The second kappa shape index (κ2) is 10.0. The van der Waals surface area contributed by atoms with Crippen molar-refractivity contribution in [1.82, 2.24) is 15.0 Å². The third kappa shape index (κ3) is 6.20. The lowest BCUT2D eigenvalue weighted by Gasteiger charge is -2.19. The van der Waals surface area contributed by atoms with Gasteiger partial charge in [0, 0.05) is 6.92 Å². The van der Waals surface area contributed by atoms with Crippen LogP contribution in [0.5, 0.6) is 5.75 Å². The van der Waals surface area contributed by atoms with Gasteiger partial charge in [-0.1, -0.05) is 19.4 Å². The van der Waals surface area contributed by atoms with Crippen molar-refractivity contribution in [2.45, 2.75) is 39.3 Å². The standard InChI is InChI=1S/C18H22N6O3/c1-3-5-14(10-25)23-17-16(9-20-18(24-17)21-12(2)26)27-11-15-7-4-6-13(8-19)22-15/h4,6-7,9,14,25H,3,5,10-11H2,1-2H3,(H2,20,21,23,24,26)/t14-/m0/s1. The van der Waals surface area contributed by atoms with E-state index < -0.39 is 0 Å². The molecule has 2 rings (SSSR count). The van der Waals surface area contributed by atoms with Crippen molar-refractivity contribution in [2.75, 3.05) is 17.2 Å². The van der Waals surface area contributed by atoms with E-state index >= 15 is 0 Å². The second-order valence-electron chi connectivity index (χ2n) is 5.81. The molecule has 142 valence electrons. The average Bonchev–Trinajstić information content (AvgIpc) is 2.66. The highest BCUT2D eigenvalue weighted by Crippen LogP contribution is 2.25. The van der Waals surface area contributed by atoms with E-state index in [9.17, 15) is 9.90 Å². The van der Waals surface area contributed by atoms with Gasteiger partial charge in [0.05, 0.1) is 24.5 Å². The summed E-state index contributed by atoms with van der Waals surface area (Å²) in [6, 6.07) is 6.85. The Hall–Kier alpha value is -3.25. The fourth-order valence-corrected chi connectivity index (χ4v) is 2.32. The fraction of sp³-hybridized carbons (Fsp3) is 0.389. The topological polar surface area (TPSA) is 133 Å². The molecule has 1 atom stereocenters. The van der Waals surface area contributed by atoms with Gasteiger partial charge in [-0.25, -0.2) is 9.97 Å². The number of carbonyl (C=O) groups excluding carboxylic acids is 1. The Morgan fingerprint density at radius 1 is 1.41 bits per heavy atom. The summed E-state index contributed by atoms with van der Waals surface area (Å²) < 4.78 is 5.75. The van der Waals surface area contributed by atoms with E-state index in [-0.39, 0.29) is 31.1 Å². The number of nitrogens with one attached hydrogen (secondary N) is 2. The number of amides is 1. The predicted molar refractivity (Wildman–Crippen MR) is 99.0 cm³/mol. The van der Waals surface area contributed by atoms with Gasteiger partial charge in [-0.15, -0.1) is 0 Å². The van der Waals surface area contributed by atoms with Crippen molar-refractivity contribution in [3.05, 3.63) is 35.8 Å². The largest absolute Gasteiger partial charge is 0.482 e. The summed E-state index contributed by atoms with van der Waals surface area (Å²) in [7, 11) is 0. The van der Waals surface area contributed by atoms with Crippen LogP contribution in [0.1, 0.15) is 38.1 Å². The quantitative estimate of drug-likeness (QED) is 0.609. The van der Waals surface area contributed by atoms with Gasteiger partial charge < -0.3 is 15.2 Å². The summed E-state index contributed by atoms with van der Waals surface area (Å²) in [6.45, 7) is 3.42. The zero-order chi connectivity index (χ0) is 19.6. The molecule has 0 saturated carbocycles. The second-order valence-corrected chi connectivity index (χ2v) is 5.81. The minimum absolute atomic E-state index is 0.0709. The number of aliphatic hydroxyl groups is 1. The maximum Gasteiger partial charge on any atom is 0.231 e. The van der Waals surface area contributed by atoms with Gasteiger partial charge in [-0.05, 0) is 18.6 Å². The summed E-state index contributed by atoms with van der Waals surface area (Å²) in [5, 5.41) is 24.1. The molecule has 0 spiro atoms. The van der Waals surface area contributed by atoms with Crippen molar-refractivity contribution >= 4 is 17.7 Å². The van der Waals surface area contributed by atoms with E-state index in [2.05, 4.69) is 25.6 Å². The van der Waals surface area contributed by atoms with Crippen LogP contribution in [0, 0.1) is 11.3 Å². The van der Waals surface area contributed by atoms with Crippen LogP contribution in [-0.4, -0.2) is 38.6 Å². The van der Waals surface area contributed by atoms with Gasteiger partial charge in [-0.3, -0.25) is 10.1 Å². The van der Waals surface area contributed by atoms with Crippen LogP contribution in [0.25, 0.3) is 0 Å². The molecule has 0 aromatic carbocycles. The minimum Gasteiger partial charge on any atom is -0.482 e. The van der Waals surface area contributed by atoms with Gasteiger partial charge in [0.15, 0.2) is 11.6 Å². The summed E-state index contributed by atoms with van der Waals surface area (Å²) >= 11 is 0.